The van der Waals surface area contributed by atoms with Gasteiger partial charge in [-0.1, -0.05) is 18.2 Å². The first kappa shape index (κ1) is 15.9. The number of carbonyl (C=O) groups excluding carboxylic acids is 1. The number of fused-ring (bicyclic) bond motifs is 1. The van der Waals surface area contributed by atoms with Crippen molar-refractivity contribution in [1.29, 1.82) is 0 Å². The van der Waals surface area contributed by atoms with Crippen molar-refractivity contribution < 1.29 is 4.79 Å². The smallest absolute Gasteiger partial charge is 0.244 e. The van der Waals surface area contributed by atoms with Crippen LogP contribution in [-0.2, 0) is 17.9 Å². The Bertz CT molecular complexity index is 848. The van der Waals surface area contributed by atoms with Gasteiger partial charge in [-0.15, -0.1) is 0 Å². The summed E-state index contributed by atoms with van der Waals surface area (Å²) in [6, 6.07) is 7.95. The molecule has 1 amide bonds. The summed E-state index contributed by atoms with van der Waals surface area (Å²) >= 11 is 0. The molecule has 6 nitrogen and oxygen atoms in total. The summed E-state index contributed by atoms with van der Waals surface area (Å²) in [5.74, 6) is 1.67. The molecule has 0 unspecified atom stereocenters. The van der Waals surface area contributed by atoms with Crippen LogP contribution in [0.3, 0.4) is 0 Å². The zero-order chi connectivity index (χ0) is 17.2. The van der Waals surface area contributed by atoms with E-state index in [-0.39, 0.29) is 5.91 Å². The van der Waals surface area contributed by atoms with E-state index in [2.05, 4.69) is 14.6 Å². The molecule has 1 fully saturated rings. The van der Waals surface area contributed by atoms with Gasteiger partial charge in [0.25, 0.3) is 0 Å². The van der Waals surface area contributed by atoms with Gasteiger partial charge in [-0.3, -0.25) is 9.48 Å². The number of amides is 1. The lowest BCUT2D eigenvalue weighted by atomic mass is 9.98. The van der Waals surface area contributed by atoms with Crippen molar-refractivity contribution in [2.45, 2.75) is 32.9 Å². The largest absolute Gasteiger partial charge is 0.341 e. The summed E-state index contributed by atoms with van der Waals surface area (Å²) < 4.78 is 3.94. The van der Waals surface area contributed by atoms with Crippen LogP contribution in [0.5, 0.6) is 0 Å². The van der Waals surface area contributed by atoms with Crippen LogP contribution < -0.4 is 0 Å². The van der Waals surface area contributed by atoms with E-state index in [1.165, 1.54) is 0 Å². The Kier molecular flexibility index (Phi) is 4.26. The van der Waals surface area contributed by atoms with Crippen LogP contribution in [-0.4, -0.2) is 43.2 Å². The van der Waals surface area contributed by atoms with Crippen molar-refractivity contribution in [1.82, 2.24) is 24.2 Å². The second kappa shape index (κ2) is 6.70. The second-order valence-electron chi connectivity index (χ2n) is 6.86. The molecule has 0 aliphatic carbocycles. The number of likely N-dealkylation sites (tertiary alicyclic amines) is 1. The Balaban J connectivity index is 1.40. The van der Waals surface area contributed by atoms with Crippen molar-refractivity contribution in [2.75, 3.05) is 13.1 Å². The molecule has 0 radical (unpaired) electrons. The Morgan fingerprint density at radius 2 is 2.20 bits per heavy atom. The van der Waals surface area contributed by atoms with Crippen molar-refractivity contribution in [3.63, 3.8) is 0 Å². The number of piperidine rings is 1. The topological polar surface area (TPSA) is 56.0 Å². The summed E-state index contributed by atoms with van der Waals surface area (Å²) in [4.78, 5) is 19.0. The standard InChI is InChI=1S/C19H23N5O/c1-15-20-8-10-22(15)11-16-5-4-9-23(12-16)19(25)14-24-13-17-6-2-3-7-18(17)21-24/h2-3,6-8,10,13,16H,4-5,9,11-12,14H2,1H3/t16-/m0/s1. The summed E-state index contributed by atoms with van der Waals surface area (Å²) in [5, 5.41) is 5.57. The SMILES string of the molecule is Cc1nccn1C[C@@H]1CCCN(C(=O)Cn2cc3ccccc3n2)C1. The first-order valence-corrected chi connectivity index (χ1v) is 8.87. The van der Waals surface area contributed by atoms with Gasteiger partial charge in [0.1, 0.15) is 12.4 Å². The highest BCUT2D eigenvalue weighted by atomic mass is 16.2. The number of rotatable bonds is 4. The van der Waals surface area contributed by atoms with Gasteiger partial charge in [-0.25, -0.2) is 4.98 Å². The Morgan fingerprint density at radius 1 is 1.32 bits per heavy atom. The number of imidazole rings is 1. The minimum absolute atomic E-state index is 0.153. The third-order valence-electron chi connectivity index (χ3n) is 5.01. The van der Waals surface area contributed by atoms with Crippen molar-refractivity contribution >= 4 is 16.8 Å². The molecule has 1 aliphatic heterocycles. The van der Waals surface area contributed by atoms with Crippen LogP contribution in [0.15, 0.2) is 42.9 Å². The fraction of sp³-hybridized carbons (Fsp3) is 0.421. The highest BCUT2D eigenvalue weighted by molar-refractivity contribution is 5.79. The van der Waals surface area contributed by atoms with E-state index in [1.807, 2.05) is 54.7 Å². The maximum absolute atomic E-state index is 12.7. The predicted octanol–water partition coefficient (Wildman–Crippen LogP) is 2.48. The van der Waals surface area contributed by atoms with Crippen molar-refractivity contribution in [2.24, 2.45) is 5.92 Å². The Labute approximate surface area is 147 Å². The summed E-state index contributed by atoms with van der Waals surface area (Å²) in [6.07, 6.45) is 8.02. The van der Waals surface area contributed by atoms with Gasteiger partial charge >= 0.3 is 0 Å². The number of hydrogen-bond acceptors (Lipinski definition) is 3. The van der Waals surface area contributed by atoms with E-state index in [9.17, 15) is 4.79 Å². The number of carbonyl (C=O) groups is 1. The molecule has 3 aromatic rings. The summed E-state index contributed by atoms with van der Waals surface area (Å²) in [5.41, 5.74) is 0.933. The van der Waals surface area contributed by atoms with Crippen LogP contribution in [0.1, 0.15) is 18.7 Å². The lowest BCUT2D eigenvalue weighted by Crippen LogP contribution is -2.42. The van der Waals surface area contributed by atoms with Gasteiger partial charge in [0.2, 0.25) is 5.91 Å². The average molecular weight is 337 g/mol. The highest BCUT2D eigenvalue weighted by Gasteiger charge is 2.24. The number of hydrogen-bond donors (Lipinski definition) is 0. The molecule has 2 aromatic heterocycles. The molecule has 1 saturated heterocycles. The third-order valence-corrected chi connectivity index (χ3v) is 5.01. The molecule has 0 spiro atoms. The molecule has 4 rings (SSSR count). The molecule has 0 N–H and O–H groups in total. The van der Waals surface area contributed by atoms with E-state index in [1.54, 1.807) is 4.68 Å². The normalized spacial score (nSPS) is 18.0. The maximum Gasteiger partial charge on any atom is 0.244 e. The first-order valence-electron chi connectivity index (χ1n) is 8.87. The lowest BCUT2D eigenvalue weighted by molar-refractivity contribution is -0.133. The minimum atomic E-state index is 0.153. The molecule has 3 heterocycles. The highest BCUT2D eigenvalue weighted by Crippen LogP contribution is 2.19. The van der Waals surface area contributed by atoms with E-state index in [0.717, 1.165) is 49.2 Å². The molecule has 6 heteroatoms. The van der Waals surface area contributed by atoms with E-state index in [0.29, 0.717) is 12.5 Å². The monoisotopic (exact) mass is 337 g/mol. The van der Waals surface area contributed by atoms with E-state index < -0.39 is 0 Å². The fourth-order valence-corrected chi connectivity index (χ4v) is 3.65. The van der Waals surface area contributed by atoms with Crippen LogP contribution in [0.25, 0.3) is 10.9 Å². The predicted molar refractivity (Wildman–Crippen MR) is 96.0 cm³/mol. The molecular weight excluding hydrogens is 314 g/mol. The van der Waals surface area contributed by atoms with Gasteiger partial charge in [0.15, 0.2) is 0 Å². The zero-order valence-corrected chi connectivity index (χ0v) is 14.5. The van der Waals surface area contributed by atoms with Crippen LogP contribution >= 0.6 is 0 Å². The van der Waals surface area contributed by atoms with Gasteiger partial charge in [-0.05, 0) is 31.7 Å². The number of aromatic nitrogens is 4. The molecule has 1 atom stereocenters. The van der Waals surface area contributed by atoms with Gasteiger partial charge in [0, 0.05) is 43.6 Å². The van der Waals surface area contributed by atoms with Crippen molar-refractivity contribution in [3.8, 4) is 0 Å². The Morgan fingerprint density at radius 3 is 3.00 bits per heavy atom. The van der Waals surface area contributed by atoms with Crippen LogP contribution in [0, 0.1) is 12.8 Å². The first-order chi connectivity index (χ1) is 12.2. The number of aryl methyl sites for hydroxylation is 1. The number of benzene rings is 1. The summed E-state index contributed by atoms with van der Waals surface area (Å²) in [6.45, 7) is 4.93. The van der Waals surface area contributed by atoms with E-state index >= 15 is 0 Å². The van der Waals surface area contributed by atoms with Gasteiger partial charge in [0.05, 0.1) is 5.52 Å². The maximum atomic E-state index is 12.7. The fourth-order valence-electron chi connectivity index (χ4n) is 3.65. The Hall–Kier alpha value is -2.63. The molecule has 0 bridgehead atoms. The molecule has 1 aromatic carbocycles. The summed E-state index contributed by atoms with van der Waals surface area (Å²) in [7, 11) is 0. The lowest BCUT2D eigenvalue weighted by Gasteiger charge is -2.33. The average Bonchev–Trinajstić information content (AvgIpc) is 3.21. The molecule has 130 valence electrons. The van der Waals surface area contributed by atoms with E-state index in [4.69, 9.17) is 0 Å². The third kappa shape index (κ3) is 3.43. The molecule has 0 saturated carbocycles. The van der Waals surface area contributed by atoms with Crippen LogP contribution in [0.4, 0.5) is 0 Å². The van der Waals surface area contributed by atoms with Crippen molar-refractivity contribution in [3.05, 3.63) is 48.7 Å². The number of nitrogens with zero attached hydrogens (tertiary/aromatic N) is 5. The van der Waals surface area contributed by atoms with Gasteiger partial charge < -0.3 is 9.47 Å². The minimum Gasteiger partial charge on any atom is -0.341 e. The molecular formula is C19H23N5O. The quantitative estimate of drug-likeness (QED) is 0.735. The van der Waals surface area contributed by atoms with Gasteiger partial charge in [-0.2, -0.15) is 5.10 Å². The second-order valence-corrected chi connectivity index (χ2v) is 6.86. The zero-order valence-electron chi connectivity index (χ0n) is 14.5. The molecule has 1 aliphatic rings. The van der Waals surface area contributed by atoms with Crippen LogP contribution in [0.2, 0.25) is 0 Å². The molecule has 25 heavy (non-hydrogen) atoms.